The Morgan fingerprint density at radius 3 is 3.00 bits per heavy atom. The molecule has 0 aromatic carbocycles. The Morgan fingerprint density at radius 1 is 1.67 bits per heavy atom. The van der Waals surface area contributed by atoms with Crippen LogP contribution in [0.5, 0.6) is 0 Å². The maximum Gasteiger partial charge on any atom is 0.116 e. The van der Waals surface area contributed by atoms with Gasteiger partial charge in [0, 0.05) is 0 Å². The minimum atomic E-state index is -0.0322. The van der Waals surface area contributed by atoms with Crippen LogP contribution in [0.15, 0.2) is 16.7 Å². The molecule has 0 saturated heterocycles. The summed E-state index contributed by atoms with van der Waals surface area (Å²) < 4.78 is 5.32. The highest BCUT2D eigenvalue weighted by atomic mass is 32.2. The van der Waals surface area contributed by atoms with Gasteiger partial charge >= 0.3 is 0 Å². The Labute approximate surface area is 94.8 Å². The summed E-state index contributed by atoms with van der Waals surface area (Å²) in [6.07, 6.45) is 2.59. The van der Waals surface area contributed by atoms with Crippen LogP contribution in [-0.2, 0) is 5.75 Å². The molecule has 15 heavy (non-hydrogen) atoms. The molecule has 0 fully saturated rings. The van der Waals surface area contributed by atoms with Crippen LogP contribution in [0.3, 0.4) is 0 Å². The third-order valence-electron chi connectivity index (χ3n) is 2.26. The Balaban J connectivity index is 2.18. The molecule has 1 unspecified atom stereocenters. The van der Waals surface area contributed by atoms with Crippen LogP contribution in [0.2, 0.25) is 0 Å². The van der Waals surface area contributed by atoms with Crippen LogP contribution >= 0.6 is 11.8 Å². The van der Waals surface area contributed by atoms with Crippen molar-refractivity contribution in [3.05, 3.63) is 23.7 Å². The van der Waals surface area contributed by atoms with Crippen molar-refractivity contribution in [2.45, 2.75) is 25.1 Å². The maximum absolute atomic E-state index is 8.71. The standard InChI is InChI=1S/C11H16N2OS/c1-9-3-5-14-11(9)8-15-6-4-10(7-12)13-2/h3,5,10,13H,4,6,8H2,1-2H3. The molecule has 1 atom stereocenters. The Bertz CT molecular complexity index is 330. The summed E-state index contributed by atoms with van der Waals surface area (Å²) in [5.41, 5.74) is 1.20. The fourth-order valence-electron chi connectivity index (χ4n) is 1.19. The Hall–Kier alpha value is -0.920. The highest BCUT2D eigenvalue weighted by Gasteiger charge is 2.05. The molecule has 1 N–H and O–H groups in total. The van der Waals surface area contributed by atoms with Crippen molar-refractivity contribution in [3.8, 4) is 6.07 Å². The van der Waals surface area contributed by atoms with Crippen LogP contribution in [0.1, 0.15) is 17.7 Å². The minimum Gasteiger partial charge on any atom is -0.468 e. The molecule has 0 saturated carbocycles. The van der Waals surface area contributed by atoms with Crippen molar-refractivity contribution in [1.82, 2.24) is 5.32 Å². The molecular formula is C11H16N2OS. The third kappa shape index (κ3) is 3.98. The summed E-state index contributed by atoms with van der Waals surface area (Å²) in [5.74, 6) is 2.90. The minimum absolute atomic E-state index is 0.0322. The van der Waals surface area contributed by atoms with Crippen molar-refractivity contribution >= 4 is 11.8 Å². The Morgan fingerprint density at radius 2 is 2.47 bits per heavy atom. The van der Waals surface area contributed by atoms with Gasteiger partial charge in [0.25, 0.3) is 0 Å². The summed E-state index contributed by atoms with van der Waals surface area (Å²) in [5, 5.41) is 11.7. The highest BCUT2D eigenvalue weighted by molar-refractivity contribution is 7.98. The Kier molecular flexibility index (Phi) is 5.30. The molecule has 0 aliphatic heterocycles. The quantitative estimate of drug-likeness (QED) is 0.753. The van der Waals surface area contributed by atoms with E-state index in [0.29, 0.717) is 0 Å². The number of nitriles is 1. The van der Waals surface area contributed by atoms with E-state index in [1.807, 2.05) is 20.0 Å². The smallest absolute Gasteiger partial charge is 0.116 e. The molecule has 1 aromatic rings. The summed E-state index contributed by atoms with van der Waals surface area (Å²) in [6, 6.07) is 4.15. The van der Waals surface area contributed by atoms with Gasteiger partial charge in [0.05, 0.1) is 24.1 Å². The molecule has 0 amide bonds. The highest BCUT2D eigenvalue weighted by Crippen LogP contribution is 2.17. The van der Waals surface area contributed by atoms with E-state index < -0.39 is 0 Å². The summed E-state index contributed by atoms with van der Waals surface area (Å²) in [7, 11) is 1.81. The van der Waals surface area contributed by atoms with E-state index in [0.717, 1.165) is 23.7 Å². The molecule has 4 heteroatoms. The number of hydrogen-bond acceptors (Lipinski definition) is 4. The van der Waals surface area contributed by atoms with E-state index in [9.17, 15) is 0 Å². The van der Waals surface area contributed by atoms with Gasteiger partial charge in [-0.25, -0.2) is 0 Å². The average molecular weight is 224 g/mol. The predicted octanol–water partition coefficient (Wildman–Crippen LogP) is 2.32. The van der Waals surface area contributed by atoms with Crippen LogP contribution in [0.4, 0.5) is 0 Å². The second-order valence-corrected chi connectivity index (χ2v) is 4.44. The molecule has 0 spiro atoms. The van der Waals surface area contributed by atoms with Gasteiger partial charge in [0.1, 0.15) is 5.76 Å². The predicted molar refractivity (Wildman–Crippen MR) is 62.7 cm³/mol. The second kappa shape index (κ2) is 6.54. The van der Waals surface area contributed by atoms with E-state index in [1.165, 1.54) is 5.56 Å². The van der Waals surface area contributed by atoms with Gasteiger partial charge in [0.15, 0.2) is 0 Å². The number of furan rings is 1. The molecule has 1 aromatic heterocycles. The van der Waals surface area contributed by atoms with E-state index >= 15 is 0 Å². The van der Waals surface area contributed by atoms with Gasteiger partial charge in [-0.3, -0.25) is 0 Å². The fraction of sp³-hybridized carbons (Fsp3) is 0.545. The van der Waals surface area contributed by atoms with Crippen LogP contribution in [0.25, 0.3) is 0 Å². The molecule has 82 valence electrons. The van der Waals surface area contributed by atoms with Crippen molar-refractivity contribution in [2.24, 2.45) is 0 Å². The number of hydrogen-bond donors (Lipinski definition) is 1. The number of aryl methyl sites for hydroxylation is 1. The van der Waals surface area contributed by atoms with Gasteiger partial charge in [-0.2, -0.15) is 17.0 Å². The largest absolute Gasteiger partial charge is 0.468 e. The van der Waals surface area contributed by atoms with Crippen molar-refractivity contribution < 1.29 is 4.42 Å². The fourth-order valence-corrected chi connectivity index (χ4v) is 2.22. The summed E-state index contributed by atoms with van der Waals surface area (Å²) in [4.78, 5) is 0. The van der Waals surface area contributed by atoms with Gasteiger partial charge in [-0.15, -0.1) is 0 Å². The zero-order valence-corrected chi connectivity index (χ0v) is 9.93. The molecule has 1 rings (SSSR count). The van der Waals surface area contributed by atoms with E-state index in [4.69, 9.17) is 9.68 Å². The number of nitrogens with one attached hydrogen (secondary N) is 1. The lowest BCUT2D eigenvalue weighted by atomic mass is 10.3. The lowest BCUT2D eigenvalue weighted by molar-refractivity contribution is 0.527. The number of thioether (sulfide) groups is 1. The van der Waals surface area contributed by atoms with Crippen LogP contribution in [-0.4, -0.2) is 18.8 Å². The lowest BCUT2D eigenvalue weighted by Crippen LogP contribution is -2.23. The zero-order valence-electron chi connectivity index (χ0n) is 9.12. The maximum atomic E-state index is 8.71. The van der Waals surface area contributed by atoms with Crippen molar-refractivity contribution in [1.29, 1.82) is 5.26 Å². The molecule has 0 aliphatic rings. The van der Waals surface area contributed by atoms with E-state index in [2.05, 4.69) is 11.4 Å². The first-order chi connectivity index (χ1) is 7.27. The first-order valence-electron chi connectivity index (χ1n) is 4.95. The molecule has 1 heterocycles. The number of rotatable bonds is 6. The van der Waals surface area contributed by atoms with E-state index in [1.54, 1.807) is 18.0 Å². The normalized spacial score (nSPS) is 12.3. The summed E-state index contributed by atoms with van der Waals surface area (Å²) in [6.45, 7) is 2.05. The second-order valence-electron chi connectivity index (χ2n) is 3.34. The van der Waals surface area contributed by atoms with Crippen molar-refractivity contribution in [2.75, 3.05) is 12.8 Å². The molecule has 0 aliphatic carbocycles. The van der Waals surface area contributed by atoms with Gasteiger partial charge in [-0.1, -0.05) is 0 Å². The lowest BCUT2D eigenvalue weighted by Gasteiger charge is -2.06. The summed E-state index contributed by atoms with van der Waals surface area (Å²) >= 11 is 1.80. The molecule has 0 bridgehead atoms. The van der Waals surface area contributed by atoms with Gasteiger partial charge < -0.3 is 9.73 Å². The van der Waals surface area contributed by atoms with Crippen molar-refractivity contribution in [3.63, 3.8) is 0 Å². The molecule has 3 nitrogen and oxygen atoms in total. The first-order valence-corrected chi connectivity index (χ1v) is 6.11. The SMILES string of the molecule is CNC(C#N)CCSCc1occc1C. The van der Waals surface area contributed by atoms with Crippen LogP contribution in [0, 0.1) is 18.3 Å². The first kappa shape index (κ1) is 12.2. The van der Waals surface area contributed by atoms with Gasteiger partial charge in [-0.05, 0) is 37.8 Å². The number of nitrogens with zero attached hydrogens (tertiary/aromatic N) is 1. The van der Waals surface area contributed by atoms with Crippen LogP contribution < -0.4 is 5.32 Å². The average Bonchev–Trinajstić information content (AvgIpc) is 2.65. The molecule has 0 radical (unpaired) electrons. The monoisotopic (exact) mass is 224 g/mol. The van der Waals surface area contributed by atoms with E-state index in [-0.39, 0.29) is 6.04 Å². The third-order valence-corrected chi connectivity index (χ3v) is 3.25. The topological polar surface area (TPSA) is 49.0 Å². The zero-order chi connectivity index (χ0) is 11.1. The van der Waals surface area contributed by atoms with Gasteiger partial charge in [0.2, 0.25) is 0 Å². The molecular weight excluding hydrogens is 208 g/mol.